The summed E-state index contributed by atoms with van der Waals surface area (Å²) in [5.74, 6) is 0.869. The van der Waals surface area contributed by atoms with Crippen molar-refractivity contribution in [3.05, 3.63) is 107 Å². The summed E-state index contributed by atoms with van der Waals surface area (Å²) < 4.78 is 0. The second-order valence-electron chi connectivity index (χ2n) is 8.81. The standard InChI is InChI=1S/C29H33NO/c1-22(18-23-10-4-2-5-11-23)30-21-27-16-8-14-25(24-12-6-3-7-13-24)20-29(27)26-15-9-17-28(31)19-26/h2-7,9-13,15,17,19,22,25,30-31H,8,14,16,18,20-21H2,1H3. The van der Waals surface area contributed by atoms with Gasteiger partial charge in [-0.3, -0.25) is 0 Å². The number of benzene rings is 3. The second kappa shape index (κ2) is 10.5. The molecule has 160 valence electrons. The van der Waals surface area contributed by atoms with Gasteiger partial charge in [-0.2, -0.15) is 0 Å². The number of hydrogen-bond donors (Lipinski definition) is 2. The van der Waals surface area contributed by atoms with E-state index in [9.17, 15) is 5.11 Å². The minimum absolute atomic E-state index is 0.343. The van der Waals surface area contributed by atoms with Gasteiger partial charge >= 0.3 is 0 Å². The lowest BCUT2D eigenvalue weighted by Gasteiger charge is -2.20. The van der Waals surface area contributed by atoms with Crippen LogP contribution in [0.15, 0.2) is 90.5 Å². The Hall–Kier alpha value is -2.84. The lowest BCUT2D eigenvalue weighted by molar-refractivity contribution is 0.475. The molecule has 2 N–H and O–H groups in total. The first kappa shape index (κ1) is 21.4. The molecule has 2 atom stereocenters. The monoisotopic (exact) mass is 411 g/mol. The van der Waals surface area contributed by atoms with Crippen LogP contribution in [0, 0.1) is 0 Å². The SMILES string of the molecule is CC(Cc1ccccc1)NCC1=C(c2cccc(O)c2)CC(c2ccccc2)CCC1. The van der Waals surface area contributed by atoms with Crippen LogP contribution in [-0.4, -0.2) is 17.7 Å². The maximum atomic E-state index is 10.1. The molecule has 2 unspecified atom stereocenters. The van der Waals surface area contributed by atoms with Gasteiger partial charge in [0.1, 0.15) is 5.75 Å². The molecule has 0 aliphatic heterocycles. The summed E-state index contributed by atoms with van der Waals surface area (Å²) in [6.07, 6.45) is 5.57. The molecule has 0 bridgehead atoms. The van der Waals surface area contributed by atoms with Gasteiger partial charge in [0.05, 0.1) is 0 Å². The quantitative estimate of drug-likeness (QED) is 0.452. The van der Waals surface area contributed by atoms with Crippen molar-refractivity contribution in [2.24, 2.45) is 0 Å². The first-order valence-corrected chi connectivity index (χ1v) is 11.5. The molecule has 0 saturated carbocycles. The maximum absolute atomic E-state index is 10.1. The van der Waals surface area contributed by atoms with E-state index in [0.29, 0.717) is 17.7 Å². The summed E-state index contributed by atoms with van der Waals surface area (Å²) in [6.45, 7) is 3.17. The normalized spacial score (nSPS) is 17.9. The molecule has 2 heteroatoms. The van der Waals surface area contributed by atoms with Gasteiger partial charge in [0.2, 0.25) is 0 Å². The largest absolute Gasteiger partial charge is 0.508 e. The van der Waals surface area contributed by atoms with E-state index in [1.165, 1.54) is 35.1 Å². The molecule has 0 amide bonds. The van der Waals surface area contributed by atoms with E-state index in [2.05, 4.69) is 79.0 Å². The zero-order valence-corrected chi connectivity index (χ0v) is 18.4. The highest BCUT2D eigenvalue weighted by Crippen LogP contribution is 2.39. The van der Waals surface area contributed by atoms with Gasteiger partial charge in [0.25, 0.3) is 0 Å². The van der Waals surface area contributed by atoms with Crippen molar-refractivity contribution in [1.82, 2.24) is 5.32 Å². The lowest BCUT2D eigenvalue weighted by Crippen LogP contribution is -2.30. The van der Waals surface area contributed by atoms with E-state index >= 15 is 0 Å². The molecule has 1 aliphatic carbocycles. The third kappa shape index (κ3) is 5.86. The Morgan fingerprint density at radius 1 is 0.935 bits per heavy atom. The van der Waals surface area contributed by atoms with E-state index in [1.54, 1.807) is 6.07 Å². The number of phenolic OH excluding ortho intramolecular Hbond substituents is 1. The Morgan fingerprint density at radius 2 is 1.68 bits per heavy atom. The molecule has 0 aromatic heterocycles. The fourth-order valence-electron chi connectivity index (χ4n) is 4.76. The number of hydrogen-bond acceptors (Lipinski definition) is 2. The van der Waals surface area contributed by atoms with Crippen molar-refractivity contribution in [2.75, 3.05) is 6.54 Å². The Labute approximate surface area is 186 Å². The minimum Gasteiger partial charge on any atom is -0.508 e. The third-order valence-electron chi connectivity index (χ3n) is 6.42. The Kier molecular flexibility index (Phi) is 7.22. The maximum Gasteiger partial charge on any atom is 0.116 e. The molecule has 31 heavy (non-hydrogen) atoms. The van der Waals surface area contributed by atoms with Gasteiger partial charge in [0, 0.05) is 12.6 Å². The van der Waals surface area contributed by atoms with Crippen LogP contribution in [0.1, 0.15) is 55.2 Å². The topological polar surface area (TPSA) is 32.3 Å². The lowest BCUT2D eigenvalue weighted by atomic mass is 9.87. The summed E-state index contributed by atoms with van der Waals surface area (Å²) in [5.41, 5.74) is 6.85. The van der Waals surface area contributed by atoms with Crippen molar-refractivity contribution < 1.29 is 5.11 Å². The molecule has 1 aliphatic rings. The molecule has 0 radical (unpaired) electrons. The van der Waals surface area contributed by atoms with Gasteiger partial charge < -0.3 is 10.4 Å². The average Bonchev–Trinajstić information content (AvgIpc) is 3.02. The van der Waals surface area contributed by atoms with Crippen LogP contribution in [0.25, 0.3) is 5.57 Å². The van der Waals surface area contributed by atoms with Crippen LogP contribution >= 0.6 is 0 Å². The molecule has 4 rings (SSSR count). The van der Waals surface area contributed by atoms with Crippen LogP contribution in [0.4, 0.5) is 0 Å². The summed E-state index contributed by atoms with van der Waals surface area (Å²) in [7, 11) is 0. The Bertz CT molecular complexity index is 994. The zero-order valence-electron chi connectivity index (χ0n) is 18.4. The van der Waals surface area contributed by atoms with Crippen LogP contribution in [-0.2, 0) is 6.42 Å². The Morgan fingerprint density at radius 3 is 2.42 bits per heavy atom. The third-order valence-corrected chi connectivity index (χ3v) is 6.42. The molecule has 0 fully saturated rings. The van der Waals surface area contributed by atoms with E-state index in [4.69, 9.17) is 0 Å². The molecule has 2 nitrogen and oxygen atoms in total. The van der Waals surface area contributed by atoms with Crippen LogP contribution in [0.2, 0.25) is 0 Å². The van der Waals surface area contributed by atoms with Gasteiger partial charge in [0.15, 0.2) is 0 Å². The summed E-state index contributed by atoms with van der Waals surface area (Å²) in [6, 6.07) is 29.8. The average molecular weight is 412 g/mol. The van der Waals surface area contributed by atoms with Gasteiger partial charge in [-0.05, 0) is 79.3 Å². The predicted octanol–water partition coefficient (Wildman–Crippen LogP) is 6.72. The summed E-state index contributed by atoms with van der Waals surface area (Å²) >= 11 is 0. The fraction of sp³-hybridized carbons (Fsp3) is 0.310. The van der Waals surface area contributed by atoms with Gasteiger partial charge in [-0.15, -0.1) is 0 Å². The van der Waals surface area contributed by atoms with Crippen molar-refractivity contribution in [3.8, 4) is 5.75 Å². The fourth-order valence-corrected chi connectivity index (χ4v) is 4.76. The molecule has 3 aromatic carbocycles. The van der Waals surface area contributed by atoms with Crippen molar-refractivity contribution in [2.45, 2.75) is 51.0 Å². The van der Waals surface area contributed by atoms with Crippen LogP contribution in [0.5, 0.6) is 5.75 Å². The smallest absolute Gasteiger partial charge is 0.116 e. The number of aromatic hydroxyl groups is 1. The first-order chi connectivity index (χ1) is 15.2. The predicted molar refractivity (Wildman–Crippen MR) is 130 cm³/mol. The Balaban J connectivity index is 1.56. The van der Waals surface area contributed by atoms with Crippen LogP contribution in [0.3, 0.4) is 0 Å². The van der Waals surface area contributed by atoms with Crippen LogP contribution < -0.4 is 5.32 Å². The van der Waals surface area contributed by atoms with Crippen molar-refractivity contribution in [1.29, 1.82) is 0 Å². The van der Waals surface area contributed by atoms with Gasteiger partial charge in [-0.25, -0.2) is 0 Å². The number of phenols is 1. The zero-order chi connectivity index (χ0) is 21.5. The molecular weight excluding hydrogens is 378 g/mol. The minimum atomic E-state index is 0.343. The number of rotatable bonds is 7. The molecule has 0 saturated heterocycles. The molecule has 0 spiro atoms. The highest BCUT2D eigenvalue weighted by molar-refractivity contribution is 5.71. The first-order valence-electron chi connectivity index (χ1n) is 11.5. The number of nitrogens with one attached hydrogen (secondary N) is 1. The van der Waals surface area contributed by atoms with E-state index in [1.807, 2.05) is 12.1 Å². The number of allylic oxidation sites excluding steroid dienone is 1. The van der Waals surface area contributed by atoms with E-state index in [0.717, 1.165) is 31.4 Å². The second-order valence-corrected chi connectivity index (χ2v) is 8.81. The van der Waals surface area contributed by atoms with Crippen molar-refractivity contribution >= 4 is 5.57 Å². The molecule has 0 heterocycles. The molecular formula is C29H33NO. The summed E-state index contributed by atoms with van der Waals surface area (Å²) in [4.78, 5) is 0. The highest BCUT2D eigenvalue weighted by atomic mass is 16.3. The summed E-state index contributed by atoms with van der Waals surface area (Å²) in [5, 5.41) is 13.9. The van der Waals surface area contributed by atoms with E-state index in [-0.39, 0.29) is 0 Å². The van der Waals surface area contributed by atoms with Gasteiger partial charge in [-0.1, -0.05) is 78.4 Å². The van der Waals surface area contributed by atoms with E-state index < -0.39 is 0 Å². The highest BCUT2D eigenvalue weighted by Gasteiger charge is 2.22. The van der Waals surface area contributed by atoms with Crippen molar-refractivity contribution in [3.63, 3.8) is 0 Å². The molecule has 3 aromatic rings.